The summed E-state index contributed by atoms with van der Waals surface area (Å²) in [6.45, 7) is 4.56. The van der Waals surface area contributed by atoms with Crippen molar-refractivity contribution in [1.82, 2.24) is 15.3 Å². The lowest BCUT2D eigenvalue weighted by molar-refractivity contribution is -0.143. The summed E-state index contributed by atoms with van der Waals surface area (Å²) in [6.07, 6.45) is 9.62. The normalized spacial score (nSPS) is 15.1. The molecule has 150 valence electrons. The number of anilines is 1. The Bertz CT molecular complexity index is 899. The molecule has 1 fully saturated rings. The van der Waals surface area contributed by atoms with E-state index in [2.05, 4.69) is 21.4 Å². The molecule has 0 atom stereocenters. The van der Waals surface area contributed by atoms with Crippen LogP contribution in [0, 0.1) is 11.3 Å². The van der Waals surface area contributed by atoms with Gasteiger partial charge in [0, 0.05) is 42.6 Å². The number of hydrogen-bond donors (Lipinski definition) is 1. The van der Waals surface area contributed by atoms with Gasteiger partial charge in [-0.15, -0.1) is 0 Å². The van der Waals surface area contributed by atoms with E-state index in [1.807, 2.05) is 37.1 Å². The van der Waals surface area contributed by atoms with E-state index in [4.69, 9.17) is 10.00 Å². The Morgan fingerprint density at radius 3 is 2.76 bits per heavy atom. The lowest BCUT2D eigenvalue weighted by atomic mass is 9.75. The lowest BCUT2D eigenvalue weighted by Gasteiger charge is -2.41. The van der Waals surface area contributed by atoms with Crippen LogP contribution in [0.4, 0.5) is 5.82 Å². The summed E-state index contributed by atoms with van der Waals surface area (Å²) in [6, 6.07) is 9.46. The zero-order valence-electron chi connectivity index (χ0n) is 16.8. The van der Waals surface area contributed by atoms with E-state index in [1.54, 1.807) is 24.5 Å². The zero-order chi connectivity index (χ0) is 20.7. The minimum absolute atomic E-state index is 0.0140. The molecule has 1 N–H and O–H groups in total. The van der Waals surface area contributed by atoms with Gasteiger partial charge in [0.25, 0.3) is 0 Å². The molecule has 0 saturated heterocycles. The third-order valence-corrected chi connectivity index (χ3v) is 5.17. The van der Waals surface area contributed by atoms with Gasteiger partial charge in [0.1, 0.15) is 18.5 Å². The maximum absolute atomic E-state index is 12.3. The second-order valence-electron chi connectivity index (χ2n) is 6.99. The number of hydrogen-bond acceptors (Lipinski definition) is 6. The number of ether oxygens (including phenoxy) is 1. The first kappa shape index (κ1) is 20.5. The molecule has 0 radical (unpaired) electrons. The molecular formula is C22H25N5O2. The van der Waals surface area contributed by atoms with Crippen molar-refractivity contribution in [3.8, 4) is 6.07 Å². The molecule has 7 nitrogen and oxygen atoms in total. The molecule has 0 aliphatic heterocycles. The molecular weight excluding hydrogens is 366 g/mol. The largest absolute Gasteiger partial charge is 0.360 e. The molecule has 0 bridgehead atoms. The Hall–Kier alpha value is -3.24. The summed E-state index contributed by atoms with van der Waals surface area (Å²) < 4.78 is 6.00. The maximum atomic E-state index is 12.3. The number of carbonyl (C=O) groups excluding carboxylic acids is 1. The highest BCUT2D eigenvalue weighted by atomic mass is 16.5. The van der Waals surface area contributed by atoms with E-state index in [1.165, 1.54) is 6.20 Å². The lowest BCUT2D eigenvalue weighted by Crippen LogP contribution is -2.40. The third kappa shape index (κ3) is 4.79. The molecule has 2 aromatic rings. The van der Waals surface area contributed by atoms with Gasteiger partial charge in [-0.05, 0) is 51.3 Å². The number of amides is 1. The van der Waals surface area contributed by atoms with Gasteiger partial charge >= 0.3 is 0 Å². The number of nitriles is 1. The Morgan fingerprint density at radius 1 is 1.38 bits per heavy atom. The van der Waals surface area contributed by atoms with Crippen LogP contribution in [-0.2, 0) is 15.1 Å². The molecule has 1 saturated carbocycles. The molecule has 1 aliphatic rings. The molecule has 3 rings (SSSR count). The topological polar surface area (TPSA) is 91.1 Å². The summed E-state index contributed by atoms with van der Waals surface area (Å²) in [5.41, 5.74) is 1.97. The van der Waals surface area contributed by atoms with Crippen LogP contribution in [0.2, 0.25) is 0 Å². The van der Waals surface area contributed by atoms with Gasteiger partial charge in [-0.3, -0.25) is 9.78 Å². The highest BCUT2D eigenvalue weighted by Crippen LogP contribution is 2.44. The summed E-state index contributed by atoms with van der Waals surface area (Å²) in [5.74, 6) is 0.513. The number of rotatable bonds is 8. The van der Waals surface area contributed by atoms with Crippen molar-refractivity contribution in [1.29, 1.82) is 5.26 Å². The standard InChI is InChI=1S/C22H25N5O2/c1-3-27(20-8-7-18(12-23)14-25-20)17(2)13-26-21(28)16-29-22(9-5-10-22)19-6-4-11-24-15-19/h4,6-8,11,13-15H,3,5,9-10,16H2,1-2H3,(H,26,28)/b17-13+. The molecule has 0 aromatic carbocycles. The van der Waals surface area contributed by atoms with Crippen molar-refractivity contribution in [3.63, 3.8) is 0 Å². The average molecular weight is 391 g/mol. The molecule has 1 amide bonds. The van der Waals surface area contributed by atoms with E-state index in [-0.39, 0.29) is 12.5 Å². The minimum atomic E-state index is -0.397. The van der Waals surface area contributed by atoms with E-state index in [0.29, 0.717) is 12.1 Å². The van der Waals surface area contributed by atoms with Crippen molar-refractivity contribution in [2.24, 2.45) is 0 Å². The monoisotopic (exact) mass is 391 g/mol. The highest BCUT2D eigenvalue weighted by Gasteiger charge is 2.40. The minimum Gasteiger partial charge on any atom is -0.360 e. The Kier molecular flexibility index (Phi) is 6.57. The van der Waals surface area contributed by atoms with Gasteiger partial charge in [0.15, 0.2) is 0 Å². The first-order valence-corrected chi connectivity index (χ1v) is 9.72. The van der Waals surface area contributed by atoms with Gasteiger partial charge < -0.3 is 15.0 Å². The second kappa shape index (κ2) is 9.30. The third-order valence-electron chi connectivity index (χ3n) is 5.17. The van der Waals surface area contributed by atoms with Gasteiger partial charge in [-0.1, -0.05) is 6.07 Å². The second-order valence-corrected chi connectivity index (χ2v) is 6.99. The van der Waals surface area contributed by atoms with Crippen molar-refractivity contribution in [3.05, 3.63) is 65.9 Å². The predicted molar refractivity (Wildman–Crippen MR) is 110 cm³/mol. The van der Waals surface area contributed by atoms with E-state index >= 15 is 0 Å². The van der Waals surface area contributed by atoms with Gasteiger partial charge in [-0.25, -0.2) is 4.98 Å². The Labute approximate surface area is 171 Å². The van der Waals surface area contributed by atoms with Crippen LogP contribution in [-0.4, -0.2) is 29.0 Å². The Morgan fingerprint density at radius 2 is 2.21 bits per heavy atom. The summed E-state index contributed by atoms with van der Waals surface area (Å²) in [7, 11) is 0. The van der Waals surface area contributed by atoms with Gasteiger partial charge in [0.05, 0.1) is 11.2 Å². The highest BCUT2D eigenvalue weighted by molar-refractivity contribution is 5.78. The van der Waals surface area contributed by atoms with E-state index in [9.17, 15) is 4.79 Å². The quantitative estimate of drug-likeness (QED) is 0.743. The van der Waals surface area contributed by atoms with Crippen molar-refractivity contribution in [2.75, 3.05) is 18.1 Å². The van der Waals surface area contributed by atoms with Crippen LogP contribution in [0.15, 0.2) is 54.8 Å². The maximum Gasteiger partial charge on any atom is 0.250 e. The molecule has 29 heavy (non-hydrogen) atoms. The molecule has 1 aliphatic carbocycles. The number of nitrogens with zero attached hydrogens (tertiary/aromatic N) is 4. The summed E-state index contributed by atoms with van der Waals surface area (Å²) in [4.78, 5) is 22.8. The summed E-state index contributed by atoms with van der Waals surface area (Å²) in [5, 5.41) is 11.7. The van der Waals surface area contributed by atoms with Crippen LogP contribution < -0.4 is 10.2 Å². The summed E-state index contributed by atoms with van der Waals surface area (Å²) >= 11 is 0. The fraction of sp³-hybridized carbons (Fsp3) is 0.364. The molecule has 2 aromatic heterocycles. The fourth-order valence-electron chi connectivity index (χ4n) is 3.36. The smallest absolute Gasteiger partial charge is 0.250 e. The van der Waals surface area contributed by atoms with Crippen molar-refractivity contribution in [2.45, 2.75) is 38.7 Å². The van der Waals surface area contributed by atoms with Crippen molar-refractivity contribution < 1.29 is 9.53 Å². The molecule has 0 unspecified atom stereocenters. The Balaban J connectivity index is 1.58. The number of carbonyl (C=O) groups is 1. The van der Waals surface area contributed by atoms with Crippen molar-refractivity contribution >= 4 is 11.7 Å². The van der Waals surface area contributed by atoms with Crippen LogP contribution in [0.25, 0.3) is 0 Å². The molecule has 0 spiro atoms. The number of nitrogens with one attached hydrogen (secondary N) is 1. The first-order valence-electron chi connectivity index (χ1n) is 9.72. The first-order chi connectivity index (χ1) is 14.1. The van der Waals surface area contributed by atoms with Crippen LogP contribution >= 0.6 is 0 Å². The van der Waals surface area contributed by atoms with Crippen LogP contribution in [0.5, 0.6) is 0 Å². The zero-order valence-corrected chi connectivity index (χ0v) is 16.8. The van der Waals surface area contributed by atoms with Gasteiger partial charge in [-0.2, -0.15) is 5.26 Å². The van der Waals surface area contributed by atoms with E-state index in [0.717, 1.165) is 36.3 Å². The number of pyridine rings is 2. The van der Waals surface area contributed by atoms with Crippen LogP contribution in [0.1, 0.15) is 44.2 Å². The van der Waals surface area contributed by atoms with Crippen LogP contribution in [0.3, 0.4) is 0 Å². The fourth-order valence-corrected chi connectivity index (χ4v) is 3.36. The average Bonchev–Trinajstić information content (AvgIpc) is 2.73. The molecule has 2 heterocycles. The number of aromatic nitrogens is 2. The molecule has 7 heteroatoms. The number of allylic oxidation sites excluding steroid dienone is 1. The van der Waals surface area contributed by atoms with E-state index < -0.39 is 5.60 Å². The predicted octanol–water partition coefficient (Wildman–Crippen LogP) is 3.25. The van der Waals surface area contributed by atoms with Gasteiger partial charge in [0.2, 0.25) is 5.91 Å². The SMILES string of the molecule is CCN(/C(C)=C/NC(=O)COC1(c2cccnc2)CCC1)c1ccc(C#N)cn1.